The lowest BCUT2D eigenvalue weighted by Crippen LogP contribution is -2.16. The standard InChI is InChI=1S/C18H24N4/c1-12-8-13(2)10-16(9-12)22-18-11-17(19-14(3)20-18)21-15-6-4-5-7-15/h8-11,15H,4-7H2,1-3H3,(H2,19,20,21,22). The van der Waals surface area contributed by atoms with Crippen LogP contribution in [0, 0.1) is 20.8 Å². The molecule has 1 aliphatic rings. The number of aryl methyl sites for hydroxylation is 3. The van der Waals surface area contributed by atoms with E-state index < -0.39 is 0 Å². The van der Waals surface area contributed by atoms with E-state index in [1.165, 1.54) is 36.8 Å². The summed E-state index contributed by atoms with van der Waals surface area (Å²) in [5.74, 6) is 2.55. The van der Waals surface area contributed by atoms with Gasteiger partial charge in [-0.15, -0.1) is 0 Å². The molecule has 0 unspecified atom stereocenters. The van der Waals surface area contributed by atoms with Crippen molar-refractivity contribution in [1.29, 1.82) is 0 Å². The van der Waals surface area contributed by atoms with Crippen LogP contribution >= 0.6 is 0 Å². The number of hydrogen-bond acceptors (Lipinski definition) is 4. The quantitative estimate of drug-likeness (QED) is 0.872. The third kappa shape index (κ3) is 3.75. The lowest BCUT2D eigenvalue weighted by Gasteiger charge is -2.15. The van der Waals surface area contributed by atoms with Gasteiger partial charge in [-0.2, -0.15) is 0 Å². The molecule has 22 heavy (non-hydrogen) atoms. The largest absolute Gasteiger partial charge is 0.367 e. The van der Waals surface area contributed by atoms with Gasteiger partial charge in [0, 0.05) is 17.8 Å². The Hall–Kier alpha value is -2.10. The van der Waals surface area contributed by atoms with Crippen LogP contribution in [0.4, 0.5) is 17.3 Å². The van der Waals surface area contributed by atoms with Crippen LogP contribution in [0.1, 0.15) is 42.6 Å². The summed E-state index contributed by atoms with van der Waals surface area (Å²) in [5, 5.41) is 6.94. The molecule has 0 spiro atoms. The minimum absolute atomic E-state index is 0.559. The molecule has 1 aliphatic carbocycles. The Bertz CT molecular complexity index is 640. The van der Waals surface area contributed by atoms with Crippen molar-refractivity contribution in [2.75, 3.05) is 10.6 Å². The fourth-order valence-electron chi connectivity index (χ4n) is 3.18. The van der Waals surface area contributed by atoms with Crippen molar-refractivity contribution < 1.29 is 0 Å². The first-order chi connectivity index (χ1) is 10.6. The zero-order valence-electron chi connectivity index (χ0n) is 13.6. The van der Waals surface area contributed by atoms with E-state index in [9.17, 15) is 0 Å². The monoisotopic (exact) mass is 296 g/mol. The van der Waals surface area contributed by atoms with Crippen LogP contribution in [0.2, 0.25) is 0 Å². The first-order valence-corrected chi connectivity index (χ1v) is 8.06. The number of aromatic nitrogens is 2. The average Bonchev–Trinajstić information content (AvgIpc) is 2.89. The molecular weight excluding hydrogens is 272 g/mol. The van der Waals surface area contributed by atoms with Gasteiger partial charge in [0.25, 0.3) is 0 Å². The second kappa shape index (κ2) is 6.34. The second-order valence-electron chi connectivity index (χ2n) is 6.31. The number of benzene rings is 1. The first-order valence-electron chi connectivity index (χ1n) is 8.06. The van der Waals surface area contributed by atoms with E-state index in [0.717, 1.165) is 23.1 Å². The van der Waals surface area contributed by atoms with Gasteiger partial charge in [-0.3, -0.25) is 0 Å². The SMILES string of the molecule is Cc1cc(C)cc(Nc2cc(NC3CCCC3)nc(C)n2)c1. The molecule has 1 fully saturated rings. The molecule has 0 aliphatic heterocycles. The smallest absolute Gasteiger partial charge is 0.136 e. The van der Waals surface area contributed by atoms with Crippen molar-refractivity contribution in [3.05, 3.63) is 41.2 Å². The molecule has 4 heteroatoms. The fourth-order valence-corrected chi connectivity index (χ4v) is 3.18. The molecule has 1 heterocycles. The molecule has 2 N–H and O–H groups in total. The topological polar surface area (TPSA) is 49.8 Å². The number of rotatable bonds is 4. The van der Waals surface area contributed by atoms with Gasteiger partial charge < -0.3 is 10.6 Å². The van der Waals surface area contributed by atoms with Crippen LogP contribution in [-0.4, -0.2) is 16.0 Å². The summed E-state index contributed by atoms with van der Waals surface area (Å²) < 4.78 is 0. The molecule has 2 aromatic rings. The predicted molar refractivity (Wildman–Crippen MR) is 91.8 cm³/mol. The summed E-state index contributed by atoms with van der Waals surface area (Å²) in [5.41, 5.74) is 3.57. The highest BCUT2D eigenvalue weighted by Gasteiger charge is 2.15. The molecule has 0 saturated heterocycles. The van der Waals surface area contributed by atoms with E-state index in [1.54, 1.807) is 0 Å². The average molecular weight is 296 g/mol. The third-order valence-corrected chi connectivity index (χ3v) is 4.04. The van der Waals surface area contributed by atoms with Crippen LogP contribution in [0.25, 0.3) is 0 Å². The van der Waals surface area contributed by atoms with Crippen molar-refractivity contribution in [2.45, 2.75) is 52.5 Å². The lowest BCUT2D eigenvalue weighted by atomic mass is 10.1. The minimum Gasteiger partial charge on any atom is -0.367 e. The minimum atomic E-state index is 0.559. The summed E-state index contributed by atoms with van der Waals surface area (Å²) >= 11 is 0. The Morgan fingerprint density at radius 2 is 1.50 bits per heavy atom. The molecule has 116 valence electrons. The summed E-state index contributed by atoms with van der Waals surface area (Å²) in [6, 6.07) is 9.00. The van der Waals surface area contributed by atoms with Gasteiger partial charge in [0.05, 0.1) is 0 Å². The van der Waals surface area contributed by atoms with E-state index in [-0.39, 0.29) is 0 Å². The van der Waals surface area contributed by atoms with Crippen molar-refractivity contribution in [3.8, 4) is 0 Å². The van der Waals surface area contributed by atoms with E-state index in [1.807, 2.05) is 13.0 Å². The maximum Gasteiger partial charge on any atom is 0.136 e. The Morgan fingerprint density at radius 1 is 0.864 bits per heavy atom. The number of hydrogen-bond donors (Lipinski definition) is 2. The van der Waals surface area contributed by atoms with Crippen LogP contribution < -0.4 is 10.6 Å². The van der Waals surface area contributed by atoms with Gasteiger partial charge in [-0.25, -0.2) is 9.97 Å². The van der Waals surface area contributed by atoms with E-state index in [2.05, 4.69) is 52.6 Å². The highest BCUT2D eigenvalue weighted by Crippen LogP contribution is 2.24. The molecular formula is C18H24N4. The maximum atomic E-state index is 4.51. The van der Waals surface area contributed by atoms with Gasteiger partial charge in [-0.05, 0) is 56.9 Å². The lowest BCUT2D eigenvalue weighted by molar-refractivity contribution is 0.748. The van der Waals surface area contributed by atoms with Crippen LogP contribution in [0.15, 0.2) is 24.3 Å². The summed E-state index contributed by atoms with van der Waals surface area (Å²) in [6.07, 6.45) is 5.11. The van der Waals surface area contributed by atoms with Crippen molar-refractivity contribution >= 4 is 17.3 Å². The predicted octanol–water partition coefficient (Wildman–Crippen LogP) is 4.50. The van der Waals surface area contributed by atoms with Gasteiger partial charge in [0.1, 0.15) is 17.5 Å². The summed E-state index contributed by atoms with van der Waals surface area (Å²) in [4.78, 5) is 9.01. The van der Waals surface area contributed by atoms with Crippen molar-refractivity contribution in [1.82, 2.24) is 9.97 Å². The molecule has 0 atom stereocenters. The molecule has 1 aromatic heterocycles. The highest BCUT2D eigenvalue weighted by molar-refractivity contribution is 5.61. The molecule has 4 nitrogen and oxygen atoms in total. The highest BCUT2D eigenvalue weighted by atomic mass is 15.1. The maximum absolute atomic E-state index is 4.51. The fraction of sp³-hybridized carbons (Fsp3) is 0.444. The van der Waals surface area contributed by atoms with Gasteiger partial charge >= 0.3 is 0 Å². The van der Waals surface area contributed by atoms with Crippen LogP contribution in [-0.2, 0) is 0 Å². The zero-order chi connectivity index (χ0) is 15.5. The molecule has 0 bridgehead atoms. The summed E-state index contributed by atoms with van der Waals surface area (Å²) in [6.45, 7) is 6.15. The van der Waals surface area contributed by atoms with Gasteiger partial charge in [0.2, 0.25) is 0 Å². The molecule has 1 aromatic carbocycles. The van der Waals surface area contributed by atoms with E-state index in [4.69, 9.17) is 0 Å². The number of nitrogens with zero attached hydrogens (tertiary/aromatic N) is 2. The number of nitrogens with one attached hydrogen (secondary N) is 2. The molecule has 0 radical (unpaired) electrons. The van der Waals surface area contributed by atoms with Crippen molar-refractivity contribution in [2.24, 2.45) is 0 Å². The van der Waals surface area contributed by atoms with E-state index >= 15 is 0 Å². The van der Waals surface area contributed by atoms with Crippen LogP contribution in [0.5, 0.6) is 0 Å². The van der Waals surface area contributed by atoms with E-state index in [0.29, 0.717) is 6.04 Å². The molecule has 1 saturated carbocycles. The zero-order valence-corrected chi connectivity index (χ0v) is 13.6. The summed E-state index contributed by atoms with van der Waals surface area (Å²) in [7, 11) is 0. The van der Waals surface area contributed by atoms with Gasteiger partial charge in [-0.1, -0.05) is 18.9 Å². The Balaban J connectivity index is 1.79. The normalized spacial score (nSPS) is 15.0. The molecule has 0 amide bonds. The second-order valence-corrected chi connectivity index (χ2v) is 6.31. The van der Waals surface area contributed by atoms with Crippen LogP contribution in [0.3, 0.4) is 0 Å². The molecule has 3 rings (SSSR count). The third-order valence-electron chi connectivity index (χ3n) is 4.04. The van der Waals surface area contributed by atoms with Gasteiger partial charge in [0.15, 0.2) is 0 Å². The number of anilines is 3. The Kier molecular flexibility index (Phi) is 4.27. The first kappa shape index (κ1) is 14.8. The van der Waals surface area contributed by atoms with Crippen molar-refractivity contribution in [3.63, 3.8) is 0 Å². The Morgan fingerprint density at radius 3 is 2.18 bits per heavy atom. The Labute approximate surface area is 132 Å².